The lowest BCUT2D eigenvalue weighted by atomic mass is 9.94. The van der Waals surface area contributed by atoms with E-state index in [4.69, 9.17) is 11.6 Å². The second-order valence-corrected chi connectivity index (χ2v) is 10.4. The largest absolute Gasteiger partial charge is 0.480 e. The number of carbonyl (C=O) groups is 2. The third-order valence-electron chi connectivity index (χ3n) is 7.08. The fraction of sp³-hybridized carbons (Fsp3) is 0.333. The summed E-state index contributed by atoms with van der Waals surface area (Å²) in [5.41, 5.74) is 7.50. The van der Waals surface area contributed by atoms with E-state index in [1.807, 2.05) is 45.9 Å². The number of hydrogen-bond donors (Lipinski definition) is 3. The Kier molecular flexibility index (Phi) is 7.14. The van der Waals surface area contributed by atoms with Crippen LogP contribution in [0, 0.1) is 27.7 Å². The Morgan fingerprint density at radius 2 is 1.56 bits per heavy atom. The standard InChI is InChI=1S/C30H33ClN2O3/c1-6-25(23-14-19(4)27(31)20(5)15-23)32-24-9-7-8-21(16-24)22-12-17(2)26(18(3)13-22)28(34)33-30(10-11-30)29(35)36/h7-9,12-16,25,32H,6,10-11H2,1-5H3,(H,33,34)(H,35,36). The smallest absolute Gasteiger partial charge is 0.329 e. The number of aliphatic carboxylic acids is 1. The lowest BCUT2D eigenvalue weighted by molar-refractivity contribution is -0.140. The van der Waals surface area contributed by atoms with Crippen molar-refractivity contribution in [2.24, 2.45) is 0 Å². The molecule has 1 unspecified atom stereocenters. The highest BCUT2D eigenvalue weighted by Crippen LogP contribution is 2.37. The number of halogens is 1. The molecule has 3 N–H and O–H groups in total. The van der Waals surface area contributed by atoms with Crippen LogP contribution < -0.4 is 10.6 Å². The first-order valence-corrected chi connectivity index (χ1v) is 12.7. The third kappa shape index (κ3) is 5.12. The van der Waals surface area contributed by atoms with Gasteiger partial charge in [-0.15, -0.1) is 0 Å². The zero-order chi connectivity index (χ0) is 26.2. The number of rotatable bonds is 8. The van der Waals surface area contributed by atoms with Crippen LogP contribution in [0.15, 0.2) is 48.5 Å². The summed E-state index contributed by atoms with van der Waals surface area (Å²) in [6.07, 6.45) is 1.86. The summed E-state index contributed by atoms with van der Waals surface area (Å²) >= 11 is 6.38. The van der Waals surface area contributed by atoms with Gasteiger partial charge in [-0.2, -0.15) is 0 Å². The molecule has 1 aliphatic carbocycles. The second-order valence-electron chi connectivity index (χ2n) is 9.98. The highest BCUT2D eigenvalue weighted by atomic mass is 35.5. The molecule has 4 rings (SSSR count). The normalized spacial score (nSPS) is 14.7. The van der Waals surface area contributed by atoms with Crippen LogP contribution in [0.1, 0.15) is 70.4 Å². The number of nitrogens with one attached hydrogen (secondary N) is 2. The van der Waals surface area contributed by atoms with Gasteiger partial charge in [-0.25, -0.2) is 4.79 Å². The molecule has 0 aliphatic heterocycles. The molecule has 3 aromatic carbocycles. The van der Waals surface area contributed by atoms with Crippen molar-refractivity contribution in [3.05, 3.63) is 86.9 Å². The number of benzene rings is 3. The van der Waals surface area contributed by atoms with Crippen molar-refractivity contribution in [2.75, 3.05) is 5.32 Å². The SMILES string of the molecule is CCC(Nc1cccc(-c2cc(C)c(C(=O)NC3(C(=O)O)CC3)c(C)c2)c1)c1cc(C)c(Cl)c(C)c1. The number of amides is 1. The summed E-state index contributed by atoms with van der Waals surface area (Å²) in [7, 11) is 0. The van der Waals surface area contributed by atoms with Crippen molar-refractivity contribution < 1.29 is 14.7 Å². The van der Waals surface area contributed by atoms with Gasteiger partial charge in [-0.1, -0.05) is 54.9 Å². The van der Waals surface area contributed by atoms with Crippen LogP contribution in [0.2, 0.25) is 5.02 Å². The number of carboxylic acids is 1. The van der Waals surface area contributed by atoms with E-state index >= 15 is 0 Å². The molecule has 0 heterocycles. The number of carbonyl (C=O) groups excluding carboxylic acids is 1. The molecule has 6 heteroatoms. The van der Waals surface area contributed by atoms with Gasteiger partial charge in [0.25, 0.3) is 5.91 Å². The minimum atomic E-state index is -1.11. The van der Waals surface area contributed by atoms with E-state index in [1.165, 1.54) is 5.56 Å². The maximum atomic E-state index is 12.9. The highest BCUT2D eigenvalue weighted by molar-refractivity contribution is 6.32. The molecule has 36 heavy (non-hydrogen) atoms. The Balaban J connectivity index is 1.58. The lowest BCUT2D eigenvalue weighted by Crippen LogP contribution is -2.43. The molecule has 1 saturated carbocycles. The molecular formula is C30H33ClN2O3. The molecule has 0 radical (unpaired) electrons. The Hall–Kier alpha value is -3.31. The Morgan fingerprint density at radius 3 is 2.08 bits per heavy atom. The molecule has 0 spiro atoms. The predicted molar refractivity (Wildman–Crippen MR) is 146 cm³/mol. The van der Waals surface area contributed by atoms with E-state index in [2.05, 4.69) is 47.9 Å². The van der Waals surface area contributed by atoms with Crippen LogP contribution in [-0.4, -0.2) is 22.5 Å². The van der Waals surface area contributed by atoms with Gasteiger partial charge in [-0.05, 0) is 98.0 Å². The van der Waals surface area contributed by atoms with E-state index in [-0.39, 0.29) is 11.9 Å². The van der Waals surface area contributed by atoms with Crippen molar-refractivity contribution in [3.63, 3.8) is 0 Å². The van der Waals surface area contributed by atoms with Crippen LogP contribution in [-0.2, 0) is 4.79 Å². The van der Waals surface area contributed by atoms with Crippen LogP contribution in [0.25, 0.3) is 11.1 Å². The summed E-state index contributed by atoms with van der Waals surface area (Å²) in [6, 6.07) is 16.7. The van der Waals surface area contributed by atoms with Gasteiger partial charge in [0.15, 0.2) is 0 Å². The van der Waals surface area contributed by atoms with Gasteiger partial charge in [-0.3, -0.25) is 4.79 Å². The molecule has 1 amide bonds. The van der Waals surface area contributed by atoms with Crippen molar-refractivity contribution in [1.29, 1.82) is 0 Å². The number of hydrogen-bond acceptors (Lipinski definition) is 3. The van der Waals surface area contributed by atoms with Crippen molar-refractivity contribution in [1.82, 2.24) is 5.32 Å². The molecule has 0 saturated heterocycles. The summed E-state index contributed by atoms with van der Waals surface area (Å²) in [6.45, 7) is 10.0. The molecule has 1 fully saturated rings. The molecule has 5 nitrogen and oxygen atoms in total. The first-order valence-electron chi connectivity index (χ1n) is 12.4. The molecule has 3 aromatic rings. The van der Waals surface area contributed by atoms with Crippen LogP contribution in [0.3, 0.4) is 0 Å². The van der Waals surface area contributed by atoms with E-state index in [9.17, 15) is 14.7 Å². The Labute approximate surface area is 217 Å². The maximum absolute atomic E-state index is 12.9. The molecular weight excluding hydrogens is 472 g/mol. The number of aryl methyl sites for hydroxylation is 4. The fourth-order valence-corrected chi connectivity index (χ4v) is 4.99. The summed E-state index contributed by atoms with van der Waals surface area (Å²) in [5, 5.41) is 16.6. The van der Waals surface area contributed by atoms with Gasteiger partial charge in [0, 0.05) is 16.3 Å². The zero-order valence-corrected chi connectivity index (χ0v) is 22.2. The monoisotopic (exact) mass is 504 g/mol. The van der Waals surface area contributed by atoms with Crippen molar-refractivity contribution >= 4 is 29.2 Å². The van der Waals surface area contributed by atoms with Gasteiger partial charge in [0.2, 0.25) is 0 Å². The first-order chi connectivity index (χ1) is 17.0. The predicted octanol–water partition coefficient (Wildman–Crippen LogP) is 7.15. The van der Waals surface area contributed by atoms with E-state index in [0.717, 1.165) is 50.5 Å². The van der Waals surface area contributed by atoms with Crippen LogP contribution >= 0.6 is 11.6 Å². The van der Waals surface area contributed by atoms with E-state index < -0.39 is 11.5 Å². The van der Waals surface area contributed by atoms with E-state index in [0.29, 0.717) is 18.4 Å². The Morgan fingerprint density at radius 1 is 0.944 bits per heavy atom. The fourth-order valence-electron chi connectivity index (χ4n) is 4.88. The average Bonchev–Trinajstić information content (AvgIpc) is 3.61. The van der Waals surface area contributed by atoms with Gasteiger partial charge >= 0.3 is 5.97 Å². The van der Waals surface area contributed by atoms with Gasteiger partial charge < -0.3 is 15.7 Å². The minimum absolute atomic E-state index is 0.147. The van der Waals surface area contributed by atoms with Crippen LogP contribution in [0.4, 0.5) is 5.69 Å². The third-order valence-corrected chi connectivity index (χ3v) is 7.67. The zero-order valence-electron chi connectivity index (χ0n) is 21.5. The van der Waals surface area contributed by atoms with E-state index in [1.54, 1.807) is 0 Å². The molecule has 188 valence electrons. The highest BCUT2D eigenvalue weighted by Gasteiger charge is 2.51. The first kappa shape index (κ1) is 25.8. The lowest BCUT2D eigenvalue weighted by Gasteiger charge is -2.21. The summed E-state index contributed by atoms with van der Waals surface area (Å²) in [5.74, 6) is -1.30. The van der Waals surface area contributed by atoms with Crippen LogP contribution in [0.5, 0.6) is 0 Å². The van der Waals surface area contributed by atoms with Gasteiger partial charge in [0.1, 0.15) is 5.54 Å². The molecule has 0 bridgehead atoms. The summed E-state index contributed by atoms with van der Waals surface area (Å²) in [4.78, 5) is 24.4. The van der Waals surface area contributed by atoms with Crippen molar-refractivity contribution in [3.8, 4) is 11.1 Å². The maximum Gasteiger partial charge on any atom is 0.329 e. The molecule has 0 aromatic heterocycles. The summed E-state index contributed by atoms with van der Waals surface area (Å²) < 4.78 is 0. The number of carboxylic acid groups (broad SMARTS) is 1. The average molecular weight is 505 g/mol. The topological polar surface area (TPSA) is 78.4 Å². The van der Waals surface area contributed by atoms with Crippen molar-refractivity contribution in [2.45, 2.75) is 65.5 Å². The quantitative estimate of drug-likeness (QED) is 0.304. The molecule has 1 aliphatic rings. The number of anilines is 1. The molecule has 1 atom stereocenters. The minimum Gasteiger partial charge on any atom is -0.480 e. The van der Waals surface area contributed by atoms with Gasteiger partial charge in [0.05, 0.1) is 6.04 Å². The second kappa shape index (κ2) is 9.98. The Bertz CT molecular complexity index is 1300.